The Morgan fingerprint density at radius 3 is 2.94 bits per heavy atom. The van der Waals surface area contributed by atoms with Gasteiger partial charge in [-0.2, -0.15) is 0 Å². The highest BCUT2D eigenvalue weighted by Crippen LogP contribution is 2.62. The summed E-state index contributed by atoms with van der Waals surface area (Å²) in [6.07, 6.45) is 8.01. The maximum Gasteiger partial charge on any atom is 0.225 e. The maximum atomic E-state index is 14.4. The molecule has 1 N–H and O–H groups in total. The molecule has 1 aromatic heterocycles. The van der Waals surface area contributed by atoms with Crippen LogP contribution >= 0.6 is 0 Å². The Balaban J connectivity index is 1.27. The molecular weight excluding hydrogens is 415 g/mol. The van der Waals surface area contributed by atoms with Crippen LogP contribution < -0.4 is 5.32 Å². The van der Waals surface area contributed by atoms with Crippen LogP contribution in [0, 0.1) is 35.9 Å². The van der Waals surface area contributed by atoms with Gasteiger partial charge in [-0.1, -0.05) is 19.1 Å². The maximum absolute atomic E-state index is 14.4. The minimum absolute atomic E-state index is 0.0243. The van der Waals surface area contributed by atoms with Gasteiger partial charge in [-0.15, -0.1) is 0 Å². The third-order valence-electron chi connectivity index (χ3n) is 8.72. The molecule has 3 aliphatic carbocycles. The average Bonchev–Trinajstić information content (AvgIpc) is 3.04. The number of aromatic nitrogens is 1. The van der Waals surface area contributed by atoms with Crippen molar-refractivity contribution in [2.24, 2.45) is 23.2 Å². The molecule has 3 unspecified atom stereocenters. The quantitative estimate of drug-likeness (QED) is 0.611. The summed E-state index contributed by atoms with van der Waals surface area (Å²) in [4.78, 5) is 29.8. The number of anilines is 1. The fourth-order valence-corrected chi connectivity index (χ4v) is 7.23. The average molecular weight is 449 g/mol. The summed E-state index contributed by atoms with van der Waals surface area (Å²) in [5, 5.41) is 2.89. The zero-order valence-electron chi connectivity index (χ0n) is 19.6. The van der Waals surface area contributed by atoms with E-state index in [4.69, 9.17) is 0 Å². The van der Waals surface area contributed by atoms with E-state index in [1.165, 1.54) is 5.56 Å². The Hall–Kier alpha value is -2.56. The van der Waals surface area contributed by atoms with Crippen LogP contribution in [-0.4, -0.2) is 16.7 Å². The molecule has 1 amide bonds. The number of nitrogens with zero attached hydrogens (tertiary/aromatic N) is 1. The monoisotopic (exact) mass is 448 g/mol. The van der Waals surface area contributed by atoms with Crippen molar-refractivity contribution in [3.05, 3.63) is 59.0 Å². The molecule has 5 atom stereocenters. The predicted octanol–water partition coefficient (Wildman–Crippen LogP) is 5.99. The van der Waals surface area contributed by atoms with Crippen molar-refractivity contribution >= 4 is 17.5 Å². The van der Waals surface area contributed by atoms with E-state index in [0.717, 1.165) is 49.7 Å². The Kier molecular flexibility index (Phi) is 5.84. The fourth-order valence-electron chi connectivity index (χ4n) is 7.23. The first-order chi connectivity index (χ1) is 15.9. The standard InChI is InChI=1S/C28H33FN2O2/c1-17-12-14-30-25(15-17)31-26(33)8-3-5-18-16-24(32)28(2)13-11-20-19-6-4-7-23(29)21(19)9-10-22(20)27(18)28/h4,6-7,12,14-15,18,20,22,27H,3,5,8-11,13,16H2,1-2H3,(H,30,31,33)/t18-,20?,22?,27?,28-/m1/s1. The lowest BCUT2D eigenvalue weighted by atomic mass is 9.54. The minimum Gasteiger partial charge on any atom is -0.311 e. The Morgan fingerprint density at radius 2 is 2.12 bits per heavy atom. The van der Waals surface area contributed by atoms with Crippen molar-refractivity contribution in [2.75, 3.05) is 5.32 Å². The molecule has 1 heterocycles. The molecule has 0 bridgehead atoms. The normalized spacial score (nSPS) is 30.3. The molecule has 5 rings (SSSR count). The van der Waals surface area contributed by atoms with E-state index in [2.05, 4.69) is 23.3 Å². The summed E-state index contributed by atoms with van der Waals surface area (Å²) < 4.78 is 14.4. The molecule has 0 aliphatic heterocycles. The van der Waals surface area contributed by atoms with Crippen molar-refractivity contribution in [2.45, 2.75) is 71.1 Å². The van der Waals surface area contributed by atoms with Crippen molar-refractivity contribution in [1.82, 2.24) is 4.98 Å². The van der Waals surface area contributed by atoms with Crippen molar-refractivity contribution in [3.8, 4) is 0 Å². The van der Waals surface area contributed by atoms with E-state index in [1.807, 2.05) is 25.1 Å². The first-order valence-corrected chi connectivity index (χ1v) is 12.4. The first-order valence-electron chi connectivity index (χ1n) is 12.4. The highest BCUT2D eigenvalue weighted by atomic mass is 19.1. The number of rotatable bonds is 5. The number of carbonyl (C=O) groups excluding carboxylic acids is 2. The van der Waals surface area contributed by atoms with Crippen molar-refractivity contribution in [1.29, 1.82) is 0 Å². The second-order valence-corrected chi connectivity index (χ2v) is 10.6. The SMILES string of the molecule is Cc1ccnc(NC(=O)CCC[C@@H]2CC(=O)[C@@]3(C)CCC4c5cccc(F)c5CCC4C23)c1. The van der Waals surface area contributed by atoms with Crippen LogP contribution in [0.4, 0.5) is 10.2 Å². The smallest absolute Gasteiger partial charge is 0.225 e. The summed E-state index contributed by atoms with van der Waals surface area (Å²) in [6.45, 7) is 4.15. The molecule has 5 heteroatoms. The molecule has 0 saturated heterocycles. The second kappa shape index (κ2) is 8.66. The third kappa shape index (κ3) is 4.00. The minimum atomic E-state index is -0.260. The van der Waals surface area contributed by atoms with Crippen LogP contribution in [0.2, 0.25) is 0 Å². The van der Waals surface area contributed by atoms with Gasteiger partial charge in [-0.05, 0) is 104 Å². The predicted molar refractivity (Wildman–Crippen MR) is 126 cm³/mol. The number of benzene rings is 1. The van der Waals surface area contributed by atoms with Crippen LogP contribution in [0.15, 0.2) is 36.5 Å². The summed E-state index contributed by atoms with van der Waals surface area (Å²) in [5.74, 6) is 2.32. The summed E-state index contributed by atoms with van der Waals surface area (Å²) in [7, 11) is 0. The molecule has 2 saturated carbocycles. The lowest BCUT2D eigenvalue weighted by Gasteiger charge is -2.50. The van der Waals surface area contributed by atoms with Gasteiger partial charge < -0.3 is 5.32 Å². The van der Waals surface area contributed by atoms with Crippen LogP contribution in [0.1, 0.15) is 74.5 Å². The van der Waals surface area contributed by atoms with Gasteiger partial charge in [0, 0.05) is 24.5 Å². The topological polar surface area (TPSA) is 59.1 Å². The molecule has 0 radical (unpaired) electrons. The van der Waals surface area contributed by atoms with Gasteiger partial charge in [0.2, 0.25) is 5.91 Å². The van der Waals surface area contributed by atoms with Gasteiger partial charge in [0.05, 0.1) is 0 Å². The van der Waals surface area contributed by atoms with E-state index in [0.29, 0.717) is 48.1 Å². The molecule has 3 aliphatic rings. The molecule has 0 spiro atoms. The van der Waals surface area contributed by atoms with Crippen molar-refractivity contribution < 1.29 is 14.0 Å². The first kappa shape index (κ1) is 22.2. The van der Waals surface area contributed by atoms with E-state index in [1.54, 1.807) is 12.3 Å². The second-order valence-electron chi connectivity index (χ2n) is 10.6. The highest BCUT2D eigenvalue weighted by Gasteiger charge is 2.58. The molecule has 1 aromatic carbocycles. The van der Waals surface area contributed by atoms with Gasteiger partial charge in [0.25, 0.3) is 0 Å². The summed E-state index contributed by atoms with van der Waals surface area (Å²) >= 11 is 0. The van der Waals surface area contributed by atoms with Gasteiger partial charge in [-0.25, -0.2) is 9.37 Å². The van der Waals surface area contributed by atoms with E-state index >= 15 is 0 Å². The van der Waals surface area contributed by atoms with Crippen LogP contribution in [0.5, 0.6) is 0 Å². The molecule has 33 heavy (non-hydrogen) atoms. The zero-order valence-corrected chi connectivity index (χ0v) is 19.6. The number of ketones is 1. The Labute approximate surface area is 195 Å². The largest absolute Gasteiger partial charge is 0.311 e. The lowest BCUT2D eigenvalue weighted by molar-refractivity contribution is -0.129. The van der Waals surface area contributed by atoms with Crippen molar-refractivity contribution in [3.63, 3.8) is 0 Å². The Bertz CT molecular complexity index is 1080. The third-order valence-corrected chi connectivity index (χ3v) is 8.72. The molecule has 4 nitrogen and oxygen atoms in total. The summed E-state index contributed by atoms with van der Waals surface area (Å²) in [6, 6.07) is 9.28. The molecule has 2 fully saturated rings. The van der Waals surface area contributed by atoms with Crippen LogP contribution in [0.3, 0.4) is 0 Å². The van der Waals surface area contributed by atoms with E-state index in [-0.39, 0.29) is 17.1 Å². The molecule has 174 valence electrons. The number of hydrogen-bond donors (Lipinski definition) is 1. The number of nitrogens with one attached hydrogen (secondary N) is 1. The van der Waals surface area contributed by atoms with Gasteiger partial charge in [0.1, 0.15) is 17.4 Å². The number of halogens is 1. The number of aryl methyl sites for hydroxylation is 1. The fraction of sp³-hybridized carbons (Fsp3) is 0.536. The van der Waals surface area contributed by atoms with Gasteiger partial charge in [0.15, 0.2) is 0 Å². The van der Waals surface area contributed by atoms with E-state index in [9.17, 15) is 14.0 Å². The highest BCUT2D eigenvalue weighted by molar-refractivity contribution is 5.90. The number of Topliss-reactive ketones (excluding diaryl/α,β-unsaturated/α-hetero) is 1. The van der Waals surface area contributed by atoms with Gasteiger partial charge >= 0.3 is 0 Å². The number of fused-ring (bicyclic) bond motifs is 5. The van der Waals surface area contributed by atoms with Crippen LogP contribution in [0.25, 0.3) is 0 Å². The van der Waals surface area contributed by atoms with E-state index < -0.39 is 0 Å². The number of hydrogen-bond acceptors (Lipinski definition) is 3. The Morgan fingerprint density at radius 1 is 1.27 bits per heavy atom. The number of pyridine rings is 1. The van der Waals surface area contributed by atoms with Crippen LogP contribution in [-0.2, 0) is 16.0 Å². The lowest BCUT2D eigenvalue weighted by Crippen LogP contribution is -2.44. The molecular formula is C28H33FN2O2. The number of carbonyl (C=O) groups is 2. The number of amides is 1. The molecule has 2 aromatic rings. The zero-order chi connectivity index (χ0) is 23.2. The summed E-state index contributed by atoms with van der Waals surface area (Å²) in [5.41, 5.74) is 2.87. The van der Waals surface area contributed by atoms with Gasteiger partial charge in [-0.3, -0.25) is 9.59 Å².